The number of anilines is 1. The van der Waals surface area contributed by atoms with Crippen molar-refractivity contribution in [3.05, 3.63) is 62.7 Å². The number of fused-ring (bicyclic) bond motifs is 1. The molecule has 0 bridgehead atoms. The zero-order valence-corrected chi connectivity index (χ0v) is 15.8. The summed E-state index contributed by atoms with van der Waals surface area (Å²) in [6, 6.07) is 7.65. The van der Waals surface area contributed by atoms with E-state index in [1.165, 1.54) is 23.3 Å². The fourth-order valence-electron chi connectivity index (χ4n) is 3.33. The van der Waals surface area contributed by atoms with Crippen LogP contribution >= 0.6 is 0 Å². The number of aryl methyl sites for hydroxylation is 2. The maximum atomic E-state index is 11.4. The van der Waals surface area contributed by atoms with Gasteiger partial charge in [-0.2, -0.15) is 5.10 Å². The molecule has 0 heterocycles. The Balaban J connectivity index is 1.99. The first-order chi connectivity index (χ1) is 12.7. The van der Waals surface area contributed by atoms with E-state index in [2.05, 4.69) is 29.6 Å². The van der Waals surface area contributed by atoms with Gasteiger partial charge in [0.25, 0.3) is 5.69 Å². The highest BCUT2D eigenvalue weighted by atomic mass is 32.2. The van der Waals surface area contributed by atoms with Crippen molar-refractivity contribution in [3.8, 4) is 0 Å². The normalized spacial score (nSPS) is 15.4. The average molecular weight is 388 g/mol. The van der Waals surface area contributed by atoms with Crippen LogP contribution in [0.25, 0.3) is 0 Å². The molecular formula is C18H20N4O4S. The molecule has 0 fully saturated rings. The molecule has 0 aromatic heterocycles. The highest BCUT2D eigenvalue weighted by molar-refractivity contribution is 7.89. The molecule has 27 heavy (non-hydrogen) atoms. The molecule has 8 nitrogen and oxygen atoms in total. The summed E-state index contributed by atoms with van der Waals surface area (Å²) in [7, 11) is -4.03. The number of nitro benzene ring substituents is 1. The molecule has 0 saturated carbocycles. The van der Waals surface area contributed by atoms with Crippen molar-refractivity contribution >= 4 is 27.1 Å². The van der Waals surface area contributed by atoms with Crippen molar-refractivity contribution in [2.75, 3.05) is 5.43 Å². The summed E-state index contributed by atoms with van der Waals surface area (Å²) < 4.78 is 22.9. The Morgan fingerprint density at radius 2 is 1.93 bits per heavy atom. The van der Waals surface area contributed by atoms with Crippen LogP contribution in [0.5, 0.6) is 0 Å². The molecule has 2 aromatic carbocycles. The summed E-state index contributed by atoms with van der Waals surface area (Å²) >= 11 is 0. The average Bonchev–Trinajstić information content (AvgIpc) is 2.59. The minimum atomic E-state index is -4.03. The summed E-state index contributed by atoms with van der Waals surface area (Å²) in [6.07, 6.45) is 2.68. The van der Waals surface area contributed by atoms with Gasteiger partial charge in [-0.15, -0.1) is 0 Å². The number of benzene rings is 2. The number of nitro groups is 1. The van der Waals surface area contributed by atoms with Crippen LogP contribution in [0.15, 0.2) is 40.3 Å². The Labute approximate surface area is 157 Å². The lowest BCUT2D eigenvalue weighted by molar-refractivity contribution is -0.384. The lowest BCUT2D eigenvalue weighted by Crippen LogP contribution is -2.15. The second-order valence-corrected chi connectivity index (χ2v) is 8.17. The summed E-state index contributed by atoms with van der Waals surface area (Å²) in [4.78, 5) is 10.3. The zero-order valence-electron chi connectivity index (χ0n) is 15.0. The van der Waals surface area contributed by atoms with E-state index in [4.69, 9.17) is 5.14 Å². The SMILES string of the molecule is Cc1cc(C)c2c(c1)/C(=N\Nc1ccc(S(N)(=O)=O)cc1[N+](=O)[O-])CCC2. The molecule has 0 unspecified atom stereocenters. The molecule has 0 spiro atoms. The maximum absolute atomic E-state index is 11.4. The Hall–Kier alpha value is -2.78. The van der Waals surface area contributed by atoms with Gasteiger partial charge < -0.3 is 0 Å². The van der Waals surface area contributed by atoms with Crippen molar-refractivity contribution in [1.82, 2.24) is 0 Å². The number of hydrogen-bond donors (Lipinski definition) is 2. The number of sulfonamides is 1. The van der Waals surface area contributed by atoms with Gasteiger partial charge in [0.2, 0.25) is 10.0 Å². The first-order valence-corrected chi connectivity index (χ1v) is 9.96. The first-order valence-electron chi connectivity index (χ1n) is 8.41. The molecule has 0 aliphatic heterocycles. The van der Waals surface area contributed by atoms with Gasteiger partial charge in [0, 0.05) is 11.6 Å². The Kier molecular flexibility index (Phi) is 4.99. The second kappa shape index (κ2) is 7.09. The molecule has 3 rings (SSSR count). The van der Waals surface area contributed by atoms with Gasteiger partial charge in [-0.05, 0) is 62.4 Å². The molecule has 1 aliphatic carbocycles. The fourth-order valence-corrected chi connectivity index (χ4v) is 3.87. The van der Waals surface area contributed by atoms with Crippen LogP contribution in [0.2, 0.25) is 0 Å². The highest BCUT2D eigenvalue weighted by Gasteiger charge is 2.21. The lowest BCUT2D eigenvalue weighted by atomic mass is 9.86. The predicted molar refractivity (Wildman–Crippen MR) is 103 cm³/mol. The van der Waals surface area contributed by atoms with E-state index in [0.29, 0.717) is 0 Å². The van der Waals surface area contributed by atoms with Crippen molar-refractivity contribution in [2.24, 2.45) is 10.2 Å². The van der Waals surface area contributed by atoms with Crippen LogP contribution in [-0.4, -0.2) is 19.1 Å². The quantitative estimate of drug-likeness (QED) is 0.615. The van der Waals surface area contributed by atoms with Crippen molar-refractivity contribution < 1.29 is 13.3 Å². The second-order valence-electron chi connectivity index (χ2n) is 6.61. The third kappa shape index (κ3) is 3.99. The van der Waals surface area contributed by atoms with Gasteiger partial charge in [-0.3, -0.25) is 15.5 Å². The molecule has 3 N–H and O–H groups in total. The van der Waals surface area contributed by atoms with E-state index in [9.17, 15) is 18.5 Å². The fraction of sp³-hybridized carbons (Fsp3) is 0.278. The number of nitrogens with two attached hydrogens (primary N) is 1. The van der Waals surface area contributed by atoms with E-state index in [0.717, 1.165) is 42.2 Å². The number of nitrogens with one attached hydrogen (secondary N) is 1. The Morgan fingerprint density at radius 1 is 1.19 bits per heavy atom. The molecule has 0 amide bonds. The van der Waals surface area contributed by atoms with Crippen LogP contribution < -0.4 is 10.6 Å². The highest BCUT2D eigenvalue weighted by Crippen LogP contribution is 2.29. The van der Waals surface area contributed by atoms with Crippen molar-refractivity contribution in [2.45, 2.75) is 38.0 Å². The first kappa shape index (κ1) is 19.0. The van der Waals surface area contributed by atoms with Crippen LogP contribution in [0, 0.1) is 24.0 Å². The maximum Gasteiger partial charge on any atom is 0.295 e. The smallest absolute Gasteiger partial charge is 0.271 e. The van der Waals surface area contributed by atoms with Crippen molar-refractivity contribution in [3.63, 3.8) is 0 Å². The third-order valence-electron chi connectivity index (χ3n) is 4.57. The molecule has 0 saturated heterocycles. The molecule has 2 aromatic rings. The summed E-state index contributed by atoms with van der Waals surface area (Å²) in [5, 5.41) is 20.8. The standard InChI is InChI=1S/C18H20N4O4S/c1-11-8-12(2)14-4-3-5-16(15(14)9-11)20-21-17-7-6-13(27(19,25)26)10-18(17)22(23)24/h6-10,21H,3-5H2,1-2H3,(H2,19,25,26)/b20-16-. The topological polar surface area (TPSA) is 128 Å². The largest absolute Gasteiger partial charge is 0.295 e. The molecular weight excluding hydrogens is 368 g/mol. The van der Waals surface area contributed by atoms with E-state index < -0.39 is 20.6 Å². The van der Waals surface area contributed by atoms with Gasteiger partial charge in [-0.25, -0.2) is 13.6 Å². The number of nitrogens with zero attached hydrogens (tertiary/aromatic N) is 2. The lowest BCUT2D eigenvalue weighted by Gasteiger charge is -2.21. The minimum absolute atomic E-state index is 0.108. The number of hydrazone groups is 1. The van der Waals surface area contributed by atoms with Gasteiger partial charge in [0.05, 0.1) is 15.5 Å². The van der Waals surface area contributed by atoms with Crippen LogP contribution in [0.4, 0.5) is 11.4 Å². The van der Waals surface area contributed by atoms with E-state index >= 15 is 0 Å². The molecule has 9 heteroatoms. The zero-order chi connectivity index (χ0) is 19.8. The van der Waals surface area contributed by atoms with Crippen molar-refractivity contribution in [1.29, 1.82) is 0 Å². The monoisotopic (exact) mass is 388 g/mol. The Bertz CT molecular complexity index is 1060. The summed E-state index contributed by atoms with van der Waals surface area (Å²) in [6.45, 7) is 4.09. The molecule has 1 aliphatic rings. The van der Waals surface area contributed by atoms with E-state index in [-0.39, 0.29) is 10.6 Å². The molecule has 0 radical (unpaired) electrons. The summed E-state index contributed by atoms with van der Waals surface area (Å²) in [5.74, 6) is 0. The number of primary sulfonamides is 1. The van der Waals surface area contributed by atoms with Gasteiger partial charge >= 0.3 is 0 Å². The van der Waals surface area contributed by atoms with Crippen LogP contribution in [0.1, 0.15) is 35.1 Å². The van der Waals surface area contributed by atoms with E-state index in [1.54, 1.807) is 0 Å². The van der Waals surface area contributed by atoms with Gasteiger partial charge in [0.15, 0.2) is 0 Å². The van der Waals surface area contributed by atoms with Crippen LogP contribution in [0.3, 0.4) is 0 Å². The van der Waals surface area contributed by atoms with Gasteiger partial charge in [0.1, 0.15) is 5.69 Å². The third-order valence-corrected chi connectivity index (χ3v) is 5.49. The Morgan fingerprint density at radius 3 is 2.59 bits per heavy atom. The van der Waals surface area contributed by atoms with Crippen LogP contribution in [-0.2, 0) is 16.4 Å². The molecule has 142 valence electrons. The van der Waals surface area contributed by atoms with E-state index in [1.807, 2.05) is 6.92 Å². The molecule has 0 atom stereocenters. The summed E-state index contributed by atoms with van der Waals surface area (Å²) in [5.41, 5.74) is 7.90. The number of rotatable bonds is 4. The number of hydrogen-bond acceptors (Lipinski definition) is 6. The minimum Gasteiger partial charge on any atom is -0.271 e. The predicted octanol–water partition coefficient (Wildman–Crippen LogP) is 3.01. The van der Waals surface area contributed by atoms with Gasteiger partial charge in [-0.1, -0.05) is 11.6 Å².